The second-order valence-electron chi connectivity index (χ2n) is 3.35. The third-order valence-corrected chi connectivity index (χ3v) is 2.55. The molecule has 0 N–H and O–H groups in total. The van der Waals surface area contributed by atoms with Gasteiger partial charge in [0, 0.05) is 6.42 Å². The van der Waals surface area contributed by atoms with Crippen molar-refractivity contribution in [2.75, 3.05) is 0 Å². The van der Waals surface area contributed by atoms with Gasteiger partial charge >= 0.3 is 0 Å². The highest BCUT2D eigenvalue weighted by molar-refractivity contribution is 4.99. The highest BCUT2D eigenvalue weighted by Gasteiger charge is 2.24. The molecule has 0 bridgehead atoms. The summed E-state index contributed by atoms with van der Waals surface area (Å²) in [4.78, 5) is 10.4. The van der Waals surface area contributed by atoms with Gasteiger partial charge in [-0.3, -0.25) is 0 Å². The van der Waals surface area contributed by atoms with E-state index >= 15 is 0 Å². The van der Waals surface area contributed by atoms with E-state index in [1.807, 2.05) is 6.92 Å². The van der Waals surface area contributed by atoms with Gasteiger partial charge in [0.1, 0.15) is 0 Å². The molecule has 2 unspecified atom stereocenters. The molecule has 1 rings (SSSR count). The topological polar surface area (TPSA) is 29.4 Å². The lowest BCUT2D eigenvalue weighted by molar-refractivity contribution is 0.313. The lowest BCUT2D eigenvalue weighted by atomic mass is 9.83. The molecule has 1 saturated carbocycles. The predicted octanol–water partition coefficient (Wildman–Crippen LogP) is 2.73. The van der Waals surface area contributed by atoms with Gasteiger partial charge in [-0.2, -0.15) is 4.91 Å². The molecule has 0 aliphatic heterocycles. The first-order valence-electron chi connectivity index (χ1n) is 4.60. The van der Waals surface area contributed by atoms with E-state index in [2.05, 4.69) is 17.0 Å². The Morgan fingerprint density at radius 1 is 1.42 bits per heavy atom. The summed E-state index contributed by atoms with van der Waals surface area (Å²) in [6.07, 6.45) is 5.35. The fourth-order valence-corrected chi connectivity index (χ4v) is 1.80. The fourth-order valence-electron chi connectivity index (χ4n) is 1.80. The smallest absolute Gasteiger partial charge is 0.0956 e. The van der Waals surface area contributed by atoms with Crippen LogP contribution >= 0.6 is 0 Å². The summed E-state index contributed by atoms with van der Waals surface area (Å²) in [5.41, 5.74) is 0. The van der Waals surface area contributed by atoms with E-state index in [-0.39, 0.29) is 6.04 Å². The average molecular weight is 165 g/mol. The first-order valence-corrected chi connectivity index (χ1v) is 4.60. The predicted molar refractivity (Wildman–Crippen MR) is 49.6 cm³/mol. The minimum absolute atomic E-state index is 0.0413. The summed E-state index contributed by atoms with van der Waals surface area (Å²) >= 11 is 0. The average Bonchev–Trinajstić information content (AvgIpc) is 2.15. The number of rotatable bonds is 2. The van der Waals surface area contributed by atoms with E-state index in [0.717, 1.165) is 25.7 Å². The van der Waals surface area contributed by atoms with Gasteiger partial charge in [0.15, 0.2) is 0 Å². The fraction of sp³-hybridized carbons (Fsp3) is 0.800. The van der Waals surface area contributed by atoms with Gasteiger partial charge in [0.2, 0.25) is 0 Å². The molecule has 0 aromatic rings. The Morgan fingerprint density at radius 3 is 2.83 bits per heavy atom. The van der Waals surface area contributed by atoms with Crippen molar-refractivity contribution >= 4 is 0 Å². The summed E-state index contributed by atoms with van der Waals surface area (Å²) < 4.78 is 0. The Hall–Kier alpha value is -0.840. The molecular weight excluding hydrogens is 150 g/mol. The largest absolute Gasteiger partial charge is 0.151 e. The minimum Gasteiger partial charge on any atom is -0.151 e. The first kappa shape index (κ1) is 9.25. The third-order valence-electron chi connectivity index (χ3n) is 2.55. The van der Waals surface area contributed by atoms with Gasteiger partial charge in [-0.15, -0.1) is 11.8 Å². The Bertz CT molecular complexity index is 202. The SMILES string of the molecule is CC#CCC1CCCCC1N=O. The molecule has 2 atom stereocenters. The number of hydrogen-bond acceptors (Lipinski definition) is 2. The molecule has 0 aromatic heterocycles. The van der Waals surface area contributed by atoms with Crippen LogP contribution in [0.1, 0.15) is 39.0 Å². The van der Waals surface area contributed by atoms with Crippen LogP contribution in [0.5, 0.6) is 0 Å². The Morgan fingerprint density at radius 2 is 2.17 bits per heavy atom. The van der Waals surface area contributed by atoms with E-state index in [0.29, 0.717) is 5.92 Å². The Kier molecular flexibility index (Phi) is 3.79. The second-order valence-corrected chi connectivity index (χ2v) is 3.35. The summed E-state index contributed by atoms with van der Waals surface area (Å²) in [5.74, 6) is 6.33. The molecule has 0 amide bonds. The van der Waals surface area contributed by atoms with Gasteiger partial charge in [0.25, 0.3) is 0 Å². The maximum atomic E-state index is 10.4. The molecule has 0 radical (unpaired) electrons. The van der Waals surface area contributed by atoms with Crippen molar-refractivity contribution in [1.82, 2.24) is 0 Å². The summed E-state index contributed by atoms with van der Waals surface area (Å²) in [6, 6.07) is 0.0413. The van der Waals surface area contributed by atoms with Crippen LogP contribution in [0.2, 0.25) is 0 Å². The Labute approximate surface area is 73.7 Å². The van der Waals surface area contributed by atoms with Crippen molar-refractivity contribution in [2.45, 2.75) is 45.1 Å². The number of hydrogen-bond donors (Lipinski definition) is 0. The van der Waals surface area contributed by atoms with Crippen LogP contribution in [0.3, 0.4) is 0 Å². The molecule has 1 aliphatic carbocycles. The molecule has 0 aromatic carbocycles. The second kappa shape index (κ2) is 4.92. The van der Waals surface area contributed by atoms with Gasteiger partial charge in [-0.1, -0.05) is 18.0 Å². The molecule has 66 valence electrons. The lowest BCUT2D eigenvalue weighted by Crippen LogP contribution is -2.22. The zero-order chi connectivity index (χ0) is 8.81. The standard InChI is InChI=1S/C10H15NO/c1-2-3-6-9-7-4-5-8-10(9)11-12/h9-10H,4-8H2,1H3. The van der Waals surface area contributed by atoms with Crippen LogP contribution in [-0.4, -0.2) is 6.04 Å². The first-order chi connectivity index (χ1) is 5.88. The monoisotopic (exact) mass is 165 g/mol. The summed E-state index contributed by atoms with van der Waals surface area (Å²) in [6.45, 7) is 1.84. The maximum Gasteiger partial charge on any atom is 0.0956 e. The van der Waals surface area contributed by atoms with Crippen LogP contribution in [-0.2, 0) is 0 Å². The van der Waals surface area contributed by atoms with Crippen molar-refractivity contribution in [3.63, 3.8) is 0 Å². The van der Waals surface area contributed by atoms with E-state index in [9.17, 15) is 4.91 Å². The zero-order valence-corrected chi connectivity index (χ0v) is 7.55. The normalized spacial score (nSPS) is 28.8. The molecular formula is C10H15NO. The van der Waals surface area contributed by atoms with Crippen molar-refractivity contribution in [3.8, 4) is 11.8 Å². The van der Waals surface area contributed by atoms with Crippen LogP contribution in [0, 0.1) is 22.7 Å². The molecule has 2 heteroatoms. The molecule has 0 spiro atoms. The molecule has 2 nitrogen and oxygen atoms in total. The van der Waals surface area contributed by atoms with Crippen LogP contribution in [0.15, 0.2) is 5.18 Å². The lowest BCUT2D eigenvalue weighted by Gasteiger charge is -2.24. The molecule has 12 heavy (non-hydrogen) atoms. The van der Waals surface area contributed by atoms with Crippen molar-refractivity contribution in [1.29, 1.82) is 0 Å². The molecule has 0 saturated heterocycles. The maximum absolute atomic E-state index is 10.4. The van der Waals surface area contributed by atoms with Crippen LogP contribution in [0.4, 0.5) is 0 Å². The molecule has 1 fully saturated rings. The Balaban J connectivity index is 2.44. The molecule has 1 aliphatic rings. The highest BCUT2D eigenvalue weighted by Crippen LogP contribution is 2.28. The van der Waals surface area contributed by atoms with Gasteiger partial charge in [-0.25, -0.2) is 0 Å². The van der Waals surface area contributed by atoms with Gasteiger partial charge in [0.05, 0.1) is 6.04 Å². The third kappa shape index (κ3) is 2.34. The number of nitrogens with zero attached hydrogens (tertiary/aromatic N) is 1. The highest BCUT2D eigenvalue weighted by atomic mass is 16.3. The minimum atomic E-state index is 0.0413. The van der Waals surface area contributed by atoms with Crippen molar-refractivity contribution in [2.24, 2.45) is 11.1 Å². The van der Waals surface area contributed by atoms with Crippen LogP contribution in [0.25, 0.3) is 0 Å². The zero-order valence-electron chi connectivity index (χ0n) is 7.55. The van der Waals surface area contributed by atoms with E-state index in [4.69, 9.17) is 0 Å². The van der Waals surface area contributed by atoms with E-state index < -0.39 is 0 Å². The van der Waals surface area contributed by atoms with Crippen LogP contribution < -0.4 is 0 Å². The van der Waals surface area contributed by atoms with Gasteiger partial charge < -0.3 is 0 Å². The van der Waals surface area contributed by atoms with E-state index in [1.165, 1.54) is 6.42 Å². The van der Waals surface area contributed by atoms with Crippen molar-refractivity contribution in [3.05, 3.63) is 4.91 Å². The summed E-state index contributed by atoms with van der Waals surface area (Å²) in [7, 11) is 0. The van der Waals surface area contributed by atoms with Gasteiger partial charge in [-0.05, 0) is 25.7 Å². The molecule has 0 heterocycles. The van der Waals surface area contributed by atoms with Crippen molar-refractivity contribution < 1.29 is 0 Å². The summed E-state index contributed by atoms with van der Waals surface area (Å²) in [5, 5.41) is 3.16. The number of nitroso groups, excluding NO2 is 1. The quantitative estimate of drug-likeness (QED) is 0.457. The van der Waals surface area contributed by atoms with E-state index in [1.54, 1.807) is 0 Å².